The van der Waals surface area contributed by atoms with E-state index in [0.717, 1.165) is 6.08 Å². The predicted octanol–water partition coefficient (Wildman–Crippen LogP) is 1.82. The van der Waals surface area contributed by atoms with Gasteiger partial charge in [0.15, 0.2) is 0 Å². The normalized spacial score (nSPS) is 9.87. The molecule has 0 bridgehead atoms. The molecule has 0 aliphatic rings. The molecule has 0 unspecified atom stereocenters. The monoisotopic (exact) mass is 328 g/mol. The molecule has 0 aromatic carbocycles. The van der Waals surface area contributed by atoms with Crippen LogP contribution < -0.4 is 10.6 Å². The van der Waals surface area contributed by atoms with Gasteiger partial charge in [-0.05, 0) is 6.92 Å². The van der Waals surface area contributed by atoms with Crippen molar-refractivity contribution in [1.29, 1.82) is 0 Å². The Bertz CT molecular complexity index is 366. The molecule has 0 fully saturated rings. The summed E-state index contributed by atoms with van der Waals surface area (Å²) in [6.45, 7) is 18.7. The molecule has 2 N–H and O–H groups in total. The van der Waals surface area contributed by atoms with Crippen molar-refractivity contribution in [2.75, 3.05) is 26.3 Å². The van der Waals surface area contributed by atoms with Gasteiger partial charge in [0.05, 0.1) is 0 Å². The van der Waals surface area contributed by atoms with E-state index in [0.29, 0.717) is 44.0 Å². The van der Waals surface area contributed by atoms with Crippen molar-refractivity contribution < 1.29 is 19.1 Å². The van der Waals surface area contributed by atoms with Crippen molar-refractivity contribution in [1.82, 2.24) is 10.6 Å². The summed E-state index contributed by atoms with van der Waals surface area (Å²) < 4.78 is 9.57. The van der Waals surface area contributed by atoms with E-state index in [4.69, 9.17) is 9.47 Å². The number of carbonyl (C=O) groups excluding carboxylic acids is 2. The zero-order valence-electron chi connectivity index (χ0n) is 15.1. The summed E-state index contributed by atoms with van der Waals surface area (Å²) in [5.41, 5.74) is 0.444. The Labute approximate surface area is 140 Å². The van der Waals surface area contributed by atoms with E-state index < -0.39 is 0 Å². The molecular weight excluding hydrogens is 296 g/mol. The Kier molecular flexibility index (Phi) is 15.6. The molecule has 0 aromatic rings. The first kappa shape index (κ1) is 23.6. The minimum Gasteiger partial charge on any atom is -0.461 e. The molecule has 0 heterocycles. The minimum atomic E-state index is -0.365. The van der Waals surface area contributed by atoms with Gasteiger partial charge in [0.2, 0.25) is 0 Å². The molecule has 0 amide bonds. The third-order valence-corrected chi connectivity index (χ3v) is 2.30. The Balaban J connectivity index is 0. The number of rotatable bonds is 10. The van der Waals surface area contributed by atoms with E-state index in [1.807, 2.05) is 27.7 Å². The van der Waals surface area contributed by atoms with Crippen LogP contribution >= 0.6 is 0 Å². The molecule has 0 saturated heterocycles. The first-order valence-electron chi connectivity index (χ1n) is 7.79. The van der Waals surface area contributed by atoms with Gasteiger partial charge in [0.25, 0.3) is 0 Å². The Hall–Kier alpha value is -1.66. The van der Waals surface area contributed by atoms with Gasteiger partial charge in [-0.2, -0.15) is 0 Å². The Morgan fingerprint density at radius 3 is 1.78 bits per heavy atom. The van der Waals surface area contributed by atoms with Gasteiger partial charge in [-0.25, -0.2) is 9.59 Å². The maximum atomic E-state index is 10.8. The average molecular weight is 328 g/mol. The summed E-state index contributed by atoms with van der Waals surface area (Å²) >= 11 is 0. The van der Waals surface area contributed by atoms with Crippen LogP contribution in [0.15, 0.2) is 24.8 Å². The van der Waals surface area contributed by atoms with E-state index in [2.05, 4.69) is 23.8 Å². The fraction of sp³-hybridized carbons (Fsp3) is 0.647. The molecule has 23 heavy (non-hydrogen) atoms. The molecule has 0 aromatic heterocycles. The smallest absolute Gasteiger partial charge is 0.333 e. The molecule has 0 aliphatic carbocycles. The third kappa shape index (κ3) is 20.3. The number of ether oxygens (including phenoxy) is 2. The second-order valence-corrected chi connectivity index (χ2v) is 5.51. The standard InChI is InChI=1S/C9H17NO2.C8H15NO2/c1-7(2)9(11)12-6-5-10-8(3)4;1-4-8(10)11-6-5-9-7(2)3/h8,10H,1,5-6H2,2-4H3;4,7,9H,1,5-6H2,2-3H3. The van der Waals surface area contributed by atoms with E-state index in [1.54, 1.807) is 6.92 Å². The first-order chi connectivity index (χ1) is 10.7. The lowest BCUT2D eigenvalue weighted by atomic mass is 10.4. The molecule has 0 radical (unpaired) electrons. The summed E-state index contributed by atoms with van der Waals surface area (Å²) in [6.07, 6.45) is 1.16. The third-order valence-electron chi connectivity index (χ3n) is 2.30. The highest BCUT2D eigenvalue weighted by Crippen LogP contribution is 1.90. The fourth-order valence-electron chi connectivity index (χ4n) is 1.17. The van der Waals surface area contributed by atoms with Gasteiger partial charge in [-0.15, -0.1) is 0 Å². The molecule has 0 spiro atoms. The summed E-state index contributed by atoms with van der Waals surface area (Å²) in [5, 5.41) is 6.25. The van der Waals surface area contributed by atoms with Crippen LogP contribution in [0.5, 0.6) is 0 Å². The highest BCUT2D eigenvalue weighted by molar-refractivity contribution is 5.86. The molecule has 134 valence electrons. The van der Waals surface area contributed by atoms with E-state index in [1.165, 1.54) is 0 Å². The van der Waals surface area contributed by atoms with E-state index in [9.17, 15) is 9.59 Å². The Morgan fingerprint density at radius 1 is 1.00 bits per heavy atom. The zero-order chi connectivity index (χ0) is 18.3. The van der Waals surface area contributed by atoms with Crippen molar-refractivity contribution in [2.24, 2.45) is 0 Å². The molecule has 0 aliphatic heterocycles. The second kappa shape index (κ2) is 15.2. The second-order valence-electron chi connectivity index (χ2n) is 5.51. The van der Waals surface area contributed by atoms with Gasteiger partial charge in [-0.1, -0.05) is 40.9 Å². The molecule has 0 atom stereocenters. The number of nitrogens with one attached hydrogen (secondary N) is 2. The van der Waals surface area contributed by atoms with Crippen LogP contribution in [-0.2, 0) is 19.1 Å². The first-order valence-corrected chi connectivity index (χ1v) is 7.79. The molecule has 0 rings (SSSR count). The van der Waals surface area contributed by atoms with Crippen LogP contribution in [0.25, 0.3) is 0 Å². The zero-order valence-corrected chi connectivity index (χ0v) is 15.1. The van der Waals surface area contributed by atoms with E-state index >= 15 is 0 Å². The van der Waals surface area contributed by atoms with Crippen molar-refractivity contribution in [3.8, 4) is 0 Å². The summed E-state index contributed by atoms with van der Waals surface area (Å²) in [4.78, 5) is 21.3. The highest BCUT2D eigenvalue weighted by atomic mass is 16.5. The van der Waals surface area contributed by atoms with Crippen LogP contribution in [0, 0.1) is 0 Å². The summed E-state index contributed by atoms with van der Waals surface area (Å²) in [6, 6.07) is 0.853. The maximum absolute atomic E-state index is 10.8. The fourth-order valence-corrected chi connectivity index (χ4v) is 1.17. The minimum absolute atomic E-state index is 0.319. The van der Waals surface area contributed by atoms with Crippen LogP contribution in [0.3, 0.4) is 0 Å². The molecular formula is C17H32N2O4. The predicted molar refractivity (Wildman–Crippen MR) is 93.2 cm³/mol. The van der Waals surface area contributed by atoms with Crippen LogP contribution in [-0.4, -0.2) is 50.3 Å². The lowest BCUT2D eigenvalue weighted by Gasteiger charge is -2.08. The molecule has 0 saturated carbocycles. The van der Waals surface area contributed by atoms with E-state index in [-0.39, 0.29) is 11.9 Å². The van der Waals surface area contributed by atoms with Gasteiger partial charge < -0.3 is 20.1 Å². The Morgan fingerprint density at radius 2 is 1.43 bits per heavy atom. The van der Waals surface area contributed by atoms with Crippen LogP contribution in [0.1, 0.15) is 34.6 Å². The topological polar surface area (TPSA) is 76.7 Å². The maximum Gasteiger partial charge on any atom is 0.333 e. The number of hydrogen-bond donors (Lipinski definition) is 2. The van der Waals surface area contributed by atoms with Crippen LogP contribution in [0.4, 0.5) is 0 Å². The summed E-state index contributed by atoms with van der Waals surface area (Å²) in [5.74, 6) is -0.684. The van der Waals surface area contributed by atoms with Gasteiger partial charge >= 0.3 is 11.9 Å². The van der Waals surface area contributed by atoms with Gasteiger partial charge in [0, 0.05) is 36.8 Å². The van der Waals surface area contributed by atoms with Gasteiger partial charge in [0.1, 0.15) is 13.2 Å². The SMILES string of the molecule is C=C(C)C(=O)OCCNC(C)C.C=CC(=O)OCCNC(C)C. The molecule has 6 heteroatoms. The van der Waals surface area contributed by atoms with Crippen molar-refractivity contribution in [3.05, 3.63) is 24.8 Å². The number of hydrogen-bond acceptors (Lipinski definition) is 6. The highest BCUT2D eigenvalue weighted by Gasteiger charge is 2.01. The quantitative estimate of drug-likeness (QED) is 0.362. The van der Waals surface area contributed by atoms with Crippen molar-refractivity contribution in [3.63, 3.8) is 0 Å². The van der Waals surface area contributed by atoms with Crippen LogP contribution in [0.2, 0.25) is 0 Å². The summed E-state index contributed by atoms with van der Waals surface area (Å²) in [7, 11) is 0. The van der Waals surface area contributed by atoms with Gasteiger partial charge in [-0.3, -0.25) is 0 Å². The van der Waals surface area contributed by atoms with Crippen molar-refractivity contribution in [2.45, 2.75) is 46.7 Å². The lowest BCUT2D eigenvalue weighted by molar-refractivity contribution is -0.139. The largest absolute Gasteiger partial charge is 0.461 e. The lowest BCUT2D eigenvalue weighted by Crippen LogP contribution is -2.27. The number of carbonyl (C=O) groups is 2. The van der Waals surface area contributed by atoms with Crippen molar-refractivity contribution >= 4 is 11.9 Å². The number of esters is 2. The average Bonchev–Trinajstić information content (AvgIpc) is 2.47. The molecule has 6 nitrogen and oxygen atoms in total.